The van der Waals surface area contributed by atoms with Gasteiger partial charge in [0.15, 0.2) is 0 Å². The maximum absolute atomic E-state index is 12.4. The van der Waals surface area contributed by atoms with E-state index in [0.29, 0.717) is 0 Å². The summed E-state index contributed by atoms with van der Waals surface area (Å²) >= 11 is 0. The molecule has 1 N–H and O–H groups in total. The molecule has 2 aliphatic rings. The molecule has 1 amide bonds. The van der Waals surface area contributed by atoms with E-state index >= 15 is 0 Å². The number of piperazine rings is 1. The van der Waals surface area contributed by atoms with Crippen molar-refractivity contribution in [2.45, 2.75) is 25.4 Å². The number of hydrogen-bond acceptors (Lipinski definition) is 3. The minimum absolute atomic E-state index is 0.153. The van der Waals surface area contributed by atoms with E-state index in [1.807, 2.05) is 23.1 Å². The van der Waals surface area contributed by atoms with Gasteiger partial charge in [-0.25, -0.2) is 0 Å². The lowest BCUT2D eigenvalue weighted by Crippen LogP contribution is -2.51. The van der Waals surface area contributed by atoms with Gasteiger partial charge in [-0.2, -0.15) is 0 Å². The second-order valence-electron chi connectivity index (χ2n) is 6.54. The van der Waals surface area contributed by atoms with E-state index in [0.717, 1.165) is 52.0 Å². The molecule has 4 nitrogen and oxygen atoms in total. The number of amides is 1. The summed E-state index contributed by atoms with van der Waals surface area (Å²) in [4.78, 5) is 16.8. The van der Waals surface area contributed by atoms with Gasteiger partial charge in [0.2, 0.25) is 5.91 Å². The molecule has 1 heterocycles. The van der Waals surface area contributed by atoms with Crippen molar-refractivity contribution in [1.29, 1.82) is 0 Å². The zero-order valence-corrected chi connectivity index (χ0v) is 13.6. The number of rotatable bonds is 4. The number of benzene rings is 1. The SMILES string of the molecule is O=C(C1CCCC1O)N1CCN(C/C=C/c2ccccc2)CC1. The summed E-state index contributed by atoms with van der Waals surface area (Å²) in [5.74, 6) is 0.00834. The van der Waals surface area contributed by atoms with Crippen molar-refractivity contribution in [1.82, 2.24) is 9.80 Å². The van der Waals surface area contributed by atoms with Gasteiger partial charge in [-0.05, 0) is 24.8 Å². The zero-order chi connectivity index (χ0) is 16.1. The lowest BCUT2D eigenvalue weighted by Gasteiger charge is -2.36. The predicted octanol–water partition coefficient (Wildman–Crippen LogP) is 2.00. The quantitative estimate of drug-likeness (QED) is 0.924. The highest BCUT2D eigenvalue weighted by atomic mass is 16.3. The van der Waals surface area contributed by atoms with Gasteiger partial charge in [0.1, 0.15) is 0 Å². The van der Waals surface area contributed by atoms with Crippen LogP contribution in [0.2, 0.25) is 0 Å². The van der Waals surface area contributed by atoms with Crippen LogP contribution < -0.4 is 0 Å². The molecule has 2 atom stereocenters. The van der Waals surface area contributed by atoms with Crippen molar-refractivity contribution < 1.29 is 9.90 Å². The molecule has 2 fully saturated rings. The number of nitrogens with zero attached hydrogens (tertiary/aromatic N) is 2. The van der Waals surface area contributed by atoms with Gasteiger partial charge in [0.05, 0.1) is 12.0 Å². The molecule has 3 rings (SSSR count). The lowest BCUT2D eigenvalue weighted by atomic mass is 10.0. The molecule has 124 valence electrons. The Hall–Kier alpha value is -1.65. The Morgan fingerprint density at radius 3 is 2.52 bits per heavy atom. The average molecular weight is 314 g/mol. The summed E-state index contributed by atoms with van der Waals surface area (Å²) in [6.07, 6.45) is 6.51. The second-order valence-corrected chi connectivity index (χ2v) is 6.54. The molecule has 1 aromatic rings. The first-order chi connectivity index (χ1) is 11.2. The molecule has 1 aliphatic carbocycles. The van der Waals surface area contributed by atoms with Crippen molar-refractivity contribution in [2.75, 3.05) is 32.7 Å². The fraction of sp³-hybridized carbons (Fsp3) is 0.526. The highest BCUT2D eigenvalue weighted by Crippen LogP contribution is 2.27. The number of carbonyl (C=O) groups excluding carboxylic acids is 1. The Kier molecular flexibility index (Phi) is 5.47. The fourth-order valence-corrected chi connectivity index (χ4v) is 3.52. The van der Waals surface area contributed by atoms with Gasteiger partial charge in [0, 0.05) is 32.7 Å². The van der Waals surface area contributed by atoms with Crippen LogP contribution in [0.4, 0.5) is 0 Å². The Morgan fingerprint density at radius 2 is 1.87 bits per heavy atom. The van der Waals surface area contributed by atoms with Gasteiger partial charge in [-0.1, -0.05) is 42.5 Å². The van der Waals surface area contributed by atoms with Crippen LogP contribution in [0.15, 0.2) is 36.4 Å². The van der Waals surface area contributed by atoms with Crippen LogP contribution in [-0.4, -0.2) is 59.6 Å². The Morgan fingerprint density at radius 1 is 1.13 bits per heavy atom. The first-order valence-corrected chi connectivity index (χ1v) is 8.65. The Labute approximate surface area is 138 Å². The minimum atomic E-state index is -0.422. The molecule has 4 heteroatoms. The van der Waals surface area contributed by atoms with Gasteiger partial charge in [0.25, 0.3) is 0 Å². The molecule has 23 heavy (non-hydrogen) atoms. The fourth-order valence-electron chi connectivity index (χ4n) is 3.52. The highest BCUT2D eigenvalue weighted by molar-refractivity contribution is 5.79. The van der Waals surface area contributed by atoms with Crippen molar-refractivity contribution in [2.24, 2.45) is 5.92 Å². The van der Waals surface area contributed by atoms with E-state index in [4.69, 9.17) is 0 Å². The van der Waals surface area contributed by atoms with E-state index in [9.17, 15) is 9.90 Å². The van der Waals surface area contributed by atoms with E-state index in [1.165, 1.54) is 5.56 Å². The molecule has 1 aromatic carbocycles. The summed E-state index contributed by atoms with van der Waals surface area (Å²) in [5, 5.41) is 9.90. The summed E-state index contributed by atoms with van der Waals surface area (Å²) in [5.41, 5.74) is 1.22. The number of carbonyl (C=O) groups is 1. The first-order valence-electron chi connectivity index (χ1n) is 8.65. The molecular weight excluding hydrogens is 288 g/mol. The molecule has 1 aliphatic heterocycles. The highest BCUT2D eigenvalue weighted by Gasteiger charge is 2.35. The molecule has 0 radical (unpaired) electrons. The molecule has 2 unspecified atom stereocenters. The second kappa shape index (κ2) is 7.75. The number of aliphatic hydroxyl groups is 1. The summed E-state index contributed by atoms with van der Waals surface area (Å²) in [7, 11) is 0. The van der Waals surface area contributed by atoms with Crippen molar-refractivity contribution in [3.05, 3.63) is 42.0 Å². The predicted molar refractivity (Wildman–Crippen MR) is 91.8 cm³/mol. The molecule has 0 spiro atoms. The van der Waals surface area contributed by atoms with Gasteiger partial charge in [-0.3, -0.25) is 9.69 Å². The van der Waals surface area contributed by atoms with Gasteiger partial charge >= 0.3 is 0 Å². The maximum atomic E-state index is 12.4. The lowest BCUT2D eigenvalue weighted by molar-refractivity contribution is -0.139. The van der Waals surface area contributed by atoms with Crippen LogP contribution in [0.1, 0.15) is 24.8 Å². The van der Waals surface area contributed by atoms with Crippen molar-refractivity contribution >= 4 is 12.0 Å². The van der Waals surface area contributed by atoms with Crippen LogP contribution >= 0.6 is 0 Å². The normalized spacial score (nSPS) is 26.0. The summed E-state index contributed by atoms with van der Waals surface area (Å²) in [6.45, 7) is 4.30. The third-order valence-electron chi connectivity index (χ3n) is 4.95. The van der Waals surface area contributed by atoms with Crippen LogP contribution in [0.3, 0.4) is 0 Å². The standard InChI is InChI=1S/C19H26N2O2/c22-18-10-4-9-17(18)19(23)21-14-12-20(13-15-21)11-5-8-16-6-2-1-3-7-16/h1-3,5-8,17-18,22H,4,9-15H2/b8-5+. The van der Waals surface area contributed by atoms with E-state index in [-0.39, 0.29) is 11.8 Å². The third kappa shape index (κ3) is 4.21. The van der Waals surface area contributed by atoms with Crippen LogP contribution in [0.25, 0.3) is 6.08 Å². The maximum Gasteiger partial charge on any atom is 0.228 e. The number of aliphatic hydroxyl groups excluding tert-OH is 1. The molecule has 1 saturated heterocycles. The monoisotopic (exact) mass is 314 g/mol. The van der Waals surface area contributed by atoms with Crippen LogP contribution in [-0.2, 0) is 4.79 Å². The first kappa shape index (κ1) is 16.2. The van der Waals surface area contributed by atoms with E-state index in [1.54, 1.807) is 0 Å². The Balaban J connectivity index is 1.43. The molecule has 1 saturated carbocycles. The topological polar surface area (TPSA) is 43.8 Å². The van der Waals surface area contributed by atoms with Crippen molar-refractivity contribution in [3.63, 3.8) is 0 Å². The summed E-state index contributed by atoms with van der Waals surface area (Å²) in [6, 6.07) is 10.3. The smallest absolute Gasteiger partial charge is 0.228 e. The molecular formula is C19H26N2O2. The van der Waals surface area contributed by atoms with Gasteiger partial charge < -0.3 is 10.0 Å². The van der Waals surface area contributed by atoms with E-state index < -0.39 is 6.10 Å². The molecule has 0 bridgehead atoms. The third-order valence-corrected chi connectivity index (χ3v) is 4.95. The van der Waals surface area contributed by atoms with Crippen LogP contribution in [0.5, 0.6) is 0 Å². The van der Waals surface area contributed by atoms with Gasteiger partial charge in [-0.15, -0.1) is 0 Å². The average Bonchev–Trinajstić information content (AvgIpc) is 3.02. The van der Waals surface area contributed by atoms with Crippen molar-refractivity contribution in [3.8, 4) is 0 Å². The number of hydrogen-bond donors (Lipinski definition) is 1. The minimum Gasteiger partial charge on any atom is -0.392 e. The Bertz CT molecular complexity index is 536. The zero-order valence-electron chi connectivity index (χ0n) is 13.6. The van der Waals surface area contributed by atoms with Crippen LogP contribution in [0, 0.1) is 5.92 Å². The van der Waals surface area contributed by atoms with E-state index in [2.05, 4.69) is 29.2 Å². The summed E-state index contributed by atoms with van der Waals surface area (Å²) < 4.78 is 0. The largest absolute Gasteiger partial charge is 0.392 e. The molecule has 0 aromatic heterocycles.